The molecule has 0 saturated carbocycles. The van der Waals surface area contributed by atoms with E-state index in [1.807, 2.05) is 115 Å². The van der Waals surface area contributed by atoms with Gasteiger partial charge in [-0.05, 0) is 214 Å². The lowest BCUT2D eigenvalue weighted by atomic mass is 9.78. The van der Waals surface area contributed by atoms with E-state index >= 15 is 0 Å². The van der Waals surface area contributed by atoms with E-state index in [1.54, 1.807) is 98.7 Å². The Bertz CT molecular complexity index is 7290. The van der Waals surface area contributed by atoms with Crippen molar-refractivity contribution in [2.24, 2.45) is 5.41 Å². The lowest BCUT2D eigenvalue weighted by Gasteiger charge is -2.35. The summed E-state index contributed by atoms with van der Waals surface area (Å²) in [4.78, 5) is 68.4. The molecule has 6 N–H and O–H groups in total. The van der Waals surface area contributed by atoms with Gasteiger partial charge in [-0.3, -0.25) is 4.98 Å². The van der Waals surface area contributed by atoms with Crippen molar-refractivity contribution in [3.8, 4) is 79.7 Å². The number of anilines is 3. The number of H-pyrrole nitrogens is 5. The number of nitrogens with one attached hydrogen (secondary N) is 6. The molecule has 1 aliphatic rings. The minimum Gasteiger partial charge on any atom is -0.492 e. The third kappa shape index (κ3) is 19.0. The predicted octanol–water partition coefficient (Wildman–Crippen LogP) is 26.3. The SMILES string of the molecule is C=C1c2c(C)nc(-c3ccc(Cl)c(OC)c3F)nc2NCC1(C)C.COc1c(Cl)ccc(-c2cc3[nH]cc(C)c3c(C)n2)c1F.Cc1[nH]c2nc(-c3ccc(Cl)c(F)c3)nc(C)c2c1C.Cc1[nH]c2nc(-c3ccc(Cl)c(N(C)C)c3F)nc(C)c2c1C.Cc1c[nH]c2nc(-c3ccc(Cl)c(F)c3)nc(C)c12.Cc1c[nH]c2nc(-c3ccc(Cl)c(N(C)C)c3F)nc(C)c12. The first-order valence-corrected chi connectivity index (χ1v) is 42.7. The van der Waals surface area contributed by atoms with Crippen LogP contribution in [-0.2, 0) is 0 Å². The molecule has 0 radical (unpaired) electrons. The standard InChI is InChI=1S/C18H19ClFN3O.C17H18ClFN4.C16H16ClFN4.C16H14ClFN2O.C15H13ClFN3.C14H11ClFN3/c1-9-13-10(2)22-16(23-17(13)21-8-18(9,3)4)11-6-7-12(19)15(24-5)14(11)20;1-8-9(2)20-17-13(8)10(3)21-16(22-17)11-6-7-12(18)15(14(11)19)23(4)5;1-8-7-19-16-12(8)9(2)20-15(21-16)10-5-6-11(17)14(13(10)18)22(3)4;1-8-7-19-13-6-12(20-9(2)14(8)13)10-4-5-11(17)16(21-3)15(10)18;1-7-8(2)18-15-13(7)9(3)19-14(20-15)10-4-5-11(16)12(17)6-10;1-7-6-17-14-12(7)8(2)18-13(19-14)9-3-4-10(15)11(16)5-9/h6-7H,1,8H2,2-5H3,(H,21,22,23);6-7H,1-5H3,(H,20,21,22);5-7H,1-4H3,(H,19,20,21);4-7,19H,1-3H3;4-6H,1-3H3,(H,18,19,20);3-6H,1-2H3,(H,17,18,19). The first-order chi connectivity index (χ1) is 61.0. The maximum absolute atomic E-state index is 14.9. The Balaban J connectivity index is 0.000000132. The number of benzene rings is 6. The lowest BCUT2D eigenvalue weighted by Crippen LogP contribution is -2.31. The quantitative estimate of drug-likeness (QED) is 0.0696. The molecule has 21 nitrogen and oxygen atoms in total. The Labute approximate surface area is 770 Å². The molecule has 0 fully saturated rings. The van der Waals surface area contributed by atoms with Crippen LogP contribution in [0.3, 0.4) is 0 Å². The number of fused-ring (bicyclic) bond motifs is 6. The summed E-state index contributed by atoms with van der Waals surface area (Å²) in [7, 11) is 9.77. The summed E-state index contributed by atoms with van der Waals surface area (Å²) in [5.41, 5.74) is 22.1. The molecule has 666 valence electrons. The third-order valence-corrected chi connectivity index (χ3v) is 24.1. The Kier molecular flexibility index (Phi) is 27.9. The molecule has 0 atom stereocenters. The number of aryl methyl sites for hydroxylation is 13. The zero-order valence-electron chi connectivity index (χ0n) is 74.5. The van der Waals surface area contributed by atoms with Gasteiger partial charge in [0, 0.05) is 131 Å². The molecule has 0 spiro atoms. The van der Waals surface area contributed by atoms with E-state index in [4.69, 9.17) is 79.1 Å². The summed E-state index contributed by atoms with van der Waals surface area (Å²) in [5, 5.41) is 9.75. The zero-order valence-corrected chi connectivity index (χ0v) is 79.0. The fraction of sp³-hybridized carbons (Fsp3) is 0.240. The largest absolute Gasteiger partial charge is 0.492 e. The van der Waals surface area contributed by atoms with Crippen molar-refractivity contribution in [1.82, 2.24) is 79.7 Å². The zero-order chi connectivity index (χ0) is 93.7. The number of hydrogen-bond acceptors (Lipinski definition) is 16. The van der Waals surface area contributed by atoms with Gasteiger partial charge < -0.3 is 49.5 Å². The van der Waals surface area contributed by atoms with Crippen LogP contribution in [0.1, 0.15) is 92.8 Å². The average Bonchev–Trinajstić information content (AvgIpc) is 1.62. The van der Waals surface area contributed by atoms with Crippen LogP contribution in [0.4, 0.5) is 43.5 Å². The molecule has 0 amide bonds. The Morgan fingerprint density at radius 3 is 1.19 bits per heavy atom. The molecule has 1 aliphatic heterocycles. The van der Waals surface area contributed by atoms with Gasteiger partial charge in [0.1, 0.15) is 40.0 Å². The molecule has 0 bridgehead atoms. The highest BCUT2D eigenvalue weighted by Gasteiger charge is 2.33. The van der Waals surface area contributed by atoms with Crippen molar-refractivity contribution in [2.75, 3.05) is 64.1 Å². The normalized spacial score (nSPS) is 12.0. The highest BCUT2D eigenvalue weighted by atomic mass is 35.5. The van der Waals surface area contributed by atoms with Gasteiger partial charge in [0.25, 0.3) is 0 Å². The molecule has 33 heteroatoms. The van der Waals surface area contributed by atoms with E-state index in [9.17, 15) is 26.3 Å². The fourth-order valence-corrected chi connectivity index (χ4v) is 16.7. The second-order valence-corrected chi connectivity index (χ2v) is 34.6. The van der Waals surface area contributed by atoms with Crippen molar-refractivity contribution < 1.29 is 35.8 Å². The number of ether oxygens (including phenoxy) is 2. The minimum atomic E-state index is -0.570. The second kappa shape index (κ2) is 38.1. The monoisotopic (exact) mass is 1870 g/mol. The van der Waals surface area contributed by atoms with Crippen LogP contribution in [0, 0.1) is 130 Å². The highest BCUT2D eigenvalue weighted by Crippen LogP contribution is 2.45. The smallest absolute Gasteiger partial charge is 0.177 e. The maximum atomic E-state index is 14.9. The number of halogens is 12. The van der Waals surface area contributed by atoms with Gasteiger partial charge in [-0.15, -0.1) is 0 Å². The van der Waals surface area contributed by atoms with Crippen LogP contribution in [0.2, 0.25) is 30.1 Å². The van der Waals surface area contributed by atoms with Crippen molar-refractivity contribution in [1.29, 1.82) is 0 Å². The number of nitrogens with zero attached hydrogens (tertiary/aromatic N) is 13. The minimum absolute atomic E-state index is 0.00774. The van der Waals surface area contributed by atoms with E-state index < -0.39 is 34.9 Å². The molecule has 0 saturated heterocycles. The molecule has 18 rings (SSSR count). The Morgan fingerprint density at radius 2 is 0.736 bits per heavy atom. The molecule has 129 heavy (non-hydrogen) atoms. The summed E-state index contributed by atoms with van der Waals surface area (Å²) < 4.78 is 95.9. The maximum Gasteiger partial charge on any atom is 0.177 e. The molecule has 11 aromatic heterocycles. The first kappa shape index (κ1) is 94.2. The number of methoxy groups -OCH3 is 2. The third-order valence-electron chi connectivity index (χ3n) is 22.3. The predicted molar refractivity (Wildman–Crippen MR) is 511 cm³/mol. The molecule has 0 aliphatic carbocycles. The summed E-state index contributed by atoms with van der Waals surface area (Å²) in [6.07, 6.45) is 5.68. The molecule has 0 unspecified atom stereocenters. The van der Waals surface area contributed by atoms with Crippen molar-refractivity contribution >= 4 is 147 Å². The molecular formula is C96H91Cl6F6N19O2. The van der Waals surface area contributed by atoms with Crippen molar-refractivity contribution in [3.63, 3.8) is 0 Å². The van der Waals surface area contributed by atoms with Crippen molar-refractivity contribution in [2.45, 2.75) is 104 Å². The van der Waals surface area contributed by atoms with E-state index in [2.05, 4.69) is 105 Å². The molecular weight excluding hydrogens is 1780 g/mol. The summed E-state index contributed by atoms with van der Waals surface area (Å²) in [5.74, 6) is -0.157. The van der Waals surface area contributed by atoms with Gasteiger partial charge >= 0.3 is 0 Å². The molecule has 12 heterocycles. The summed E-state index contributed by atoms with van der Waals surface area (Å²) in [6, 6.07) is 23.9. The lowest BCUT2D eigenvalue weighted by molar-refractivity contribution is 0.387. The average molecular weight is 1870 g/mol. The van der Waals surface area contributed by atoms with E-state index in [0.717, 1.165) is 134 Å². The molecule has 6 aromatic carbocycles. The van der Waals surface area contributed by atoms with Crippen LogP contribution in [0.5, 0.6) is 11.5 Å². The van der Waals surface area contributed by atoms with Crippen LogP contribution < -0.4 is 24.6 Å². The van der Waals surface area contributed by atoms with Crippen LogP contribution >= 0.6 is 69.6 Å². The number of hydrogen-bond donors (Lipinski definition) is 6. The fourth-order valence-electron chi connectivity index (χ4n) is 15.4. The van der Waals surface area contributed by atoms with Gasteiger partial charge in [-0.2, -0.15) is 0 Å². The Hall–Kier alpha value is -12.4. The van der Waals surface area contributed by atoms with Gasteiger partial charge in [-0.25, -0.2) is 76.2 Å². The number of aromatic amines is 5. The number of pyridine rings is 1. The van der Waals surface area contributed by atoms with Crippen molar-refractivity contribution in [3.05, 3.63) is 260 Å². The highest BCUT2D eigenvalue weighted by molar-refractivity contribution is 6.34. The molecule has 17 aromatic rings. The van der Waals surface area contributed by atoms with E-state index in [0.29, 0.717) is 102 Å². The second-order valence-electron chi connectivity index (χ2n) is 32.1. The Morgan fingerprint density at radius 1 is 0.380 bits per heavy atom. The topological polar surface area (TPSA) is 258 Å². The van der Waals surface area contributed by atoms with Gasteiger partial charge in [0.05, 0.1) is 107 Å². The number of aromatic nitrogens is 16. The van der Waals surface area contributed by atoms with E-state index in [1.165, 1.54) is 38.5 Å². The number of rotatable bonds is 10. The van der Waals surface area contributed by atoms with Gasteiger partial charge in [-0.1, -0.05) is 90.0 Å². The van der Waals surface area contributed by atoms with Gasteiger partial charge in [0.15, 0.2) is 63.9 Å². The first-order valence-electron chi connectivity index (χ1n) is 40.4. The van der Waals surface area contributed by atoms with Crippen LogP contribution in [-0.4, -0.2) is 129 Å². The van der Waals surface area contributed by atoms with Crippen LogP contribution in [0.25, 0.3) is 129 Å². The summed E-state index contributed by atoms with van der Waals surface area (Å²) >= 11 is 35.4. The van der Waals surface area contributed by atoms with Crippen LogP contribution in [0.15, 0.2) is 116 Å². The van der Waals surface area contributed by atoms with Gasteiger partial charge in [0.2, 0.25) is 0 Å². The summed E-state index contributed by atoms with van der Waals surface area (Å²) in [6.45, 7) is 34.6. The van der Waals surface area contributed by atoms with E-state index in [-0.39, 0.29) is 42.6 Å².